The van der Waals surface area contributed by atoms with Crippen LogP contribution in [0.2, 0.25) is 0 Å². The van der Waals surface area contributed by atoms with Gasteiger partial charge in [0.2, 0.25) is 0 Å². The maximum atomic E-state index is 6.73. The highest BCUT2D eigenvalue weighted by atomic mass is 16.5. The molecule has 0 fully saturated rings. The van der Waals surface area contributed by atoms with Gasteiger partial charge in [0.05, 0.1) is 5.92 Å². The van der Waals surface area contributed by atoms with E-state index in [2.05, 4.69) is 243 Å². The van der Waals surface area contributed by atoms with Gasteiger partial charge < -0.3 is 4.74 Å². The number of hydrogen-bond acceptors (Lipinski definition) is 1. The smallest absolute Gasteiger partial charge is 0.135 e. The van der Waals surface area contributed by atoms with Crippen LogP contribution in [0.5, 0.6) is 5.75 Å². The van der Waals surface area contributed by atoms with Crippen LogP contribution in [0.1, 0.15) is 28.7 Å². The van der Waals surface area contributed by atoms with Crippen molar-refractivity contribution in [1.29, 1.82) is 0 Å². The van der Waals surface area contributed by atoms with E-state index in [1.165, 1.54) is 105 Å². The lowest BCUT2D eigenvalue weighted by molar-refractivity contribution is 0.222. The summed E-state index contributed by atoms with van der Waals surface area (Å²) in [6.07, 6.45) is -0.0892. The molecule has 1 heteroatoms. The van der Waals surface area contributed by atoms with Crippen molar-refractivity contribution >= 4 is 32.3 Å². The first-order valence-electron chi connectivity index (χ1n) is 21.9. The molecule has 1 aliphatic rings. The van der Waals surface area contributed by atoms with E-state index in [1.54, 1.807) is 0 Å². The predicted molar refractivity (Wildman–Crippen MR) is 264 cm³/mol. The fourth-order valence-corrected chi connectivity index (χ4v) is 10.1. The molecule has 0 saturated heterocycles. The van der Waals surface area contributed by atoms with Crippen LogP contribution in [0.3, 0.4) is 0 Å². The monoisotopic (exact) mass is 802 g/mol. The van der Waals surface area contributed by atoms with E-state index >= 15 is 0 Å². The third-order valence-electron chi connectivity index (χ3n) is 13.1. The van der Waals surface area contributed by atoms with Gasteiger partial charge in [0.1, 0.15) is 11.9 Å². The Kier molecular flexibility index (Phi) is 9.04. The molecule has 0 aliphatic carbocycles. The van der Waals surface area contributed by atoms with Gasteiger partial charge in [-0.1, -0.05) is 224 Å². The highest BCUT2D eigenvalue weighted by Gasteiger charge is 2.37. The average molecular weight is 803 g/mol. The Morgan fingerprint density at radius 1 is 0.286 bits per heavy atom. The van der Waals surface area contributed by atoms with Crippen LogP contribution in [-0.2, 0) is 0 Å². The number of fused-ring (bicyclic) bond motifs is 4. The van der Waals surface area contributed by atoms with E-state index in [0.717, 1.165) is 5.75 Å². The third kappa shape index (κ3) is 6.49. The second-order valence-electron chi connectivity index (χ2n) is 16.7. The lowest BCUT2D eigenvalue weighted by Crippen LogP contribution is -2.11. The summed E-state index contributed by atoms with van der Waals surface area (Å²) in [4.78, 5) is 0. The highest BCUT2D eigenvalue weighted by molar-refractivity contribution is 6.22. The number of ether oxygens (including phenoxy) is 1. The SMILES string of the molecule is c1ccc(-c2ccc3c(-c4ccc(-c5cccc6ccccc56)cc4)c4ccccc4c(-c4ccc(-c5ccc6c(c5)C(c5ccccc5)C(c5ccccc5)O6)cc4)c3c2)cc1. The molecule has 0 bridgehead atoms. The van der Waals surface area contributed by atoms with Crippen LogP contribution in [0, 0.1) is 0 Å². The zero-order chi connectivity index (χ0) is 41.7. The van der Waals surface area contributed by atoms with Crippen molar-refractivity contribution in [2.24, 2.45) is 0 Å². The topological polar surface area (TPSA) is 9.23 Å². The van der Waals surface area contributed by atoms with Gasteiger partial charge >= 0.3 is 0 Å². The minimum Gasteiger partial charge on any atom is -0.484 e. The summed E-state index contributed by atoms with van der Waals surface area (Å²) in [7, 11) is 0. The standard InChI is InChI=1S/C62H42O/c1-4-15-41(16-5-1)49-35-37-55-56(39-49)60(54-25-13-12-24-53(54)59(55)46-33-29-44(30-34-46)52-26-14-22-43-17-10-11-23-51(43)52)47-31-27-42(28-32-47)50-36-38-58-57(40-50)61(45-18-6-2-7-19-45)62(63-58)48-20-8-3-9-21-48/h1-40,61-62H. The molecule has 12 rings (SSSR count). The molecule has 1 nitrogen and oxygen atoms in total. The fourth-order valence-electron chi connectivity index (χ4n) is 10.1. The van der Waals surface area contributed by atoms with Crippen molar-refractivity contribution in [3.63, 3.8) is 0 Å². The van der Waals surface area contributed by atoms with Gasteiger partial charge in [0, 0.05) is 5.56 Å². The second-order valence-corrected chi connectivity index (χ2v) is 16.7. The molecule has 1 aliphatic heterocycles. The molecule has 0 N–H and O–H groups in total. The Balaban J connectivity index is 0.983. The molecule has 11 aromatic rings. The third-order valence-corrected chi connectivity index (χ3v) is 13.1. The summed E-state index contributed by atoms with van der Waals surface area (Å²) < 4.78 is 6.73. The average Bonchev–Trinajstić information content (AvgIpc) is 3.75. The first kappa shape index (κ1) is 36.8. The van der Waals surface area contributed by atoms with Crippen molar-refractivity contribution in [2.45, 2.75) is 12.0 Å². The normalized spacial score (nSPS) is 14.5. The molecule has 63 heavy (non-hydrogen) atoms. The number of rotatable bonds is 7. The van der Waals surface area contributed by atoms with Crippen LogP contribution in [0.25, 0.3) is 88.0 Å². The maximum Gasteiger partial charge on any atom is 0.135 e. The van der Waals surface area contributed by atoms with Crippen molar-refractivity contribution in [3.8, 4) is 61.4 Å². The lowest BCUT2D eigenvalue weighted by Gasteiger charge is -2.20. The molecule has 0 aromatic heterocycles. The lowest BCUT2D eigenvalue weighted by atomic mass is 9.83. The summed E-state index contributed by atoms with van der Waals surface area (Å²) in [6, 6.07) is 88.5. The first-order valence-corrected chi connectivity index (χ1v) is 21.9. The highest BCUT2D eigenvalue weighted by Crippen LogP contribution is 2.51. The molecule has 0 saturated carbocycles. The van der Waals surface area contributed by atoms with Crippen molar-refractivity contribution in [2.75, 3.05) is 0 Å². The van der Waals surface area contributed by atoms with E-state index in [9.17, 15) is 0 Å². The molecule has 2 atom stereocenters. The molecule has 0 radical (unpaired) electrons. The van der Waals surface area contributed by atoms with Crippen molar-refractivity contribution in [3.05, 3.63) is 259 Å². The van der Waals surface area contributed by atoms with Crippen LogP contribution in [0.4, 0.5) is 0 Å². The van der Waals surface area contributed by atoms with Gasteiger partial charge in [0.15, 0.2) is 0 Å². The van der Waals surface area contributed by atoms with E-state index in [1.807, 2.05) is 0 Å². The molecular weight excluding hydrogens is 761 g/mol. The molecule has 1 heterocycles. The van der Waals surface area contributed by atoms with Crippen molar-refractivity contribution < 1.29 is 4.74 Å². The molecule has 0 amide bonds. The van der Waals surface area contributed by atoms with Gasteiger partial charge in [-0.3, -0.25) is 0 Å². The zero-order valence-electron chi connectivity index (χ0n) is 34.7. The second kappa shape index (κ2) is 15.5. The van der Waals surface area contributed by atoms with Gasteiger partial charge in [-0.15, -0.1) is 0 Å². The minimum absolute atomic E-state index is 0.0892. The van der Waals surface area contributed by atoms with Gasteiger partial charge in [0.25, 0.3) is 0 Å². The Morgan fingerprint density at radius 2 is 0.762 bits per heavy atom. The maximum absolute atomic E-state index is 6.73. The van der Waals surface area contributed by atoms with E-state index in [0.29, 0.717) is 0 Å². The molecule has 11 aromatic carbocycles. The van der Waals surface area contributed by atoms with Gasteiger partial charge in [-0.05, 0) is 117 Å². The van der Waals surface area contributed by atoms with Crippen LogP contribution in [-0.4, -0.2) is 0 Å². The number of benzene rings is 11. The molecule has 0 spiro atoms. The Morgan fingerprint density at radius 3 is 1.46 bits per heavy atom. The Bertz CT molecular complexity index is 3440. The predicted octanol–water partition coefficient (Wildman–Crippen LogP) is 16.7. The zero-order valence-corrected chi connectivity index (χ0v) is 34.7. The Labute approximate surface area is 368 Å². The quantitative estimate of drug-likeness (QED) is 0.146. The summed E-state index contributed by atoms with van der Waals surface area (Å²) in [5.74, 6) is 1.04. The van der Waals surface area contributed by atoms with E-state index < -0.39 is 0 Å². The summed E-state index contributed by atoms with van der Waals surface area (Å²) >= 11 is 0. The number of hydrogen-bond donors (Lipinski definition) is 0. The first-order chi connectivity index (χ1) is 31.2. The summed E-state index contributed by atoms with van der Waals surface area (Å²) in [5.41, 5.74) is 15.8. The van der Waals surface area contributed by atoms with E-state index in [4.69, 9.17) is 4.74 Å². The molecule has 296 valence electrons. The van der Waals surface area contributed by atoms with Crippen LogP contribution >= 0.6 is 0 Å². The fraction of sp³-hybridized carbons (Fsp3) is 0.0323. The molecular formula is C62H42O. The van der Waals surface area contributed by atoms with Gasteiger partial charge in [-0.2, -0.15) is 0 Å². The minimum atomic E-state index is -0.0892. The summed E-state index contributed by atoms with van der Waals surface area (Å²) in [5, 5.41) is 7.48. The van der Waals surface area contributed by atoms with Gasteiger partial charge in [-0.25, -0.2) is 0 Å². The largest absolute Gasteiger partial charge is 0.484 e. The van der Waals surface area contributed by atoms with E-state index in [-0.39, 0.29) is 12.0 Å². The Hall–Kier alpha value is -8.00. The summed E-state index contributed by atoms with van der Waals surface area (Å²) in [6.45, 7) is 0. The van der Waals surface area contributed by atoms with Crippen molar-refractivity contribution in [1.82, 2.24) is 0 Å². The molecule has 2 unspecified atom stereocenters. The van der Waals surface area contributed by atoms with Crippen LogP contribution < -0.4 is 4.74 Å². The van der Waals surface area contributed by atoms with Crippen LogP contribution in [0.15, 0.2) is 243 Å².